The van der Waals surface area contributed by atoms with Gasteiger partial charge in [0.25, 0.3) is 0 Å². The van der Waals surface area contributed by atoms with Gasteiger partial charge in [-0.1, -0.05) is 92.6 Å². The van der Waals surface area contributed by atoms with E-state index in [9.17, 15) is 5.11 Å². The van der Waals surface area contributed by atoms with E-state index in [0.29, 0.717) is 0 Å². The fourth-order valence-corrected chi connectivity index (χ4v) is 3.48. The minimum atomic E-state index is -0.299. The molecule has 2 heteroatoms. The van der Waals surface area contributed by atoms with Crippen molar-refractivity contribution in [2.45, 2.75) is 77.6 Å². The van der Waals surface area contributed by atoms with Crippen LogP contribution in [0, 0.1) is 0 Å². The third-order valence-corrected chi connectivity index (χ3v) is 5.33. The van der Waals surface area contributed by atoms with Crippen LogP contribution in [0.2, 0.25) is 0 Å². The van der Waals surface area contributed by atoms with E-state index in [0.717, 1.165) is 38.8 Å². The predicted octanol–water partition coefficient (Wildman–Crippen LogP) is 6.35. The third kappa shape index (κ3) is 8.41. The first kappa shape index (κ1) is 22.4. The van der Waals surface area contributed by atoms with Gasteiger partial charge in [-0.2, -0.15) is 0 Å². The van der Waals surface area contributed by atoms with Gasteiger partial charge in [-0.05, 0) is 43.7 Å². The van der Waals surface area contributed by atoms with Crippen LogP contribution < -0.4 is 0 Å². The fraction of sp³-hybridized carbons (Fsp3) is 0.462. The van der Waals surface area contributed by atoms with Gasteiger partial charge in [0, 0.05) is 19.1 Å². The summed E-state index contributed by atoms with van der Waals surface area (Å²) in [5.74, 6) is 0. The van der Waals surface area contributed by atoms with E-state index in [4.69, 9.17) is 0 Å². The SMILES string of the molecule is CCC/C=C\CCCC[C@H](O)[C@@H](C)N(Cc1ccccc1)Cc1ccccc1. The highest BCUT2D eigenvalue weighted by Gasteiger charge is 2.22. The van der Waals surface area contributed by atoms with Crippen molar-refractivity contribution < 1.29 is 5.11 Å². The second-order valence-corrected chi connectivity index (χ2v) is 7.73. The average molecular weight is 380 g/mol. The summed E-state index contributed by atoms with van der Waals surface area (Å²) >= 11 is 0. The van der Waals surface area contributed by atoms with E-state index < -0.39 is 0 Å². The van der Waals surface area contributed by atoms with Crippen LogP contribution in [0.15, 0.2) is 72.8 Å². The van der Waals surface area contributed by atoms with Gasteiger partial charge in [-0.15, -0.1) is 0 Å². The van der Waals surface area contributed by atoms with Gasteiger partial charge in [0.2, 0.25) is 0 Å². The van der Waals surface area contributed by atoms with E-state index in [1.807, 2.05) is 0 Å². The molecule has 0 aliphatic rings. The van der Waals surface area contributed by atoms with Crippen LogP contribution in [-0.2, 0) is 13.1 Å². The lowest BCUT2D eigenvalue weighted by molar-refractivity contribution is 0.0423. The first-order chi connectivity index (χ1) is 13.7. The Hall–Kier alpha value is -1.90. The zero-order chi connectivity index (χ0) is 20.0. The maximum Gasteiger partial charge on any atom is 0.0693 e. The molecule has 2 atom stereocenters. The van der Waals surface area contributed by atoms with Crippen molar-refractivity contribution in [3.63, 3.8) is 0 Å². The molecule has 0 aromatic heterocycles. The summed E-state index contributed by atoms with van der Waals surface area (Å²) in [4.78, 5) is 2.40. The van der Waals surface area contributed by atoms with Crippen LogP contribution in [0.5, 0.6) is 0 Å². The van der Waals surface area contributed by atoms with Crippen molar-refractivity contribution in [3.8, 4) is 0 Å². The number of hydrogen-bond acceptors (Lipinski definition) is 2. The van der Waals surface area contributed by atoms with Gasteiger partial charge in [-0.25, -0.2) is 0 Å². The van der Waals surface area contributed by atoms with Crippen LogP contribution in [0.25, 0.3) is 0 Å². The fourth-order valence-electron chi connectivity index (χ4n) is 3.48. The lowest BCUT2D eigenvalue weighted by Gasteiger charge is -2.32. The second-order valence-electron chi connectivity index (χ2n) is 7.73. The first-order valence-electron chi connectivity index (χ1n) is 10.9. The summed E-state index contributed by atoms with van der Waals surface area (Å²) in [6, 6.07) is 21.2. The Morgan fingerprint density at radius 1 is 0.821 bits per heavy atom. The molecule has 0 radical (unpaired) electrons. The minimum absolute atomic E-state index is 0.121. The molecule has 0 aliphatic heterocycles. The number of benzene rings is 2. The maximum atomic E-state index is 10.8. The van der Waals surface area contributed by atoms with Crippen LogP contribution >= 0.6 is 0 Å². The van der Waals surface area contributed by atoms with E-state index >= 15 is 0 Å². The standard InChI is InChI=1S/C26H37NO/c1-3-4-5-6-7-8-15-20-26(28)23(2)27(21-24-16-11-9-12-17-24)22-25-18-13-10-14-19-25/h5-6,9-14,16-19,23,26,28H,3-4,7-8,15,20-22H2,1-2H3/b6-5-/t23-,26+/m1/s1. The van der Waals surface area contributed by atoms with Crippen LogP contribution in [0.4, 0.5) is 0 Å². The smallest absolute Gasteiger partial charge is 0.0693 e. The molecule has 28 heavy (non-hydrogen) atoms. The summed E-state index contributed by atoms with van der Waals surface area (Å²) in [5, 5.41) is 10.8. The molecule has 0 spiro atoms. The molecule has 1 N–H and O–H groups in total. The highest BCUT2D eigenvalue weighted by molar-refractivity contribution is 5.17. The van der Waals surface area contributed by atoms with Crippen LogP contribution in [0.1, 0.15) is 63.5 Å². The molecule has 0 heterocycles. The van der Waals surface area contributed by atoms with Crippen molar-refractivity contribution >= 4 is 0 Å². The summed E-state index contributed by atoms with van der Waals surface area (Å²) in [5.41, 5.74) is 2.58. The van der Waals surface area contributed by atoms with Gasteiger partial charge < -0.3 is 5.11 Å². The quantitative estimate of drug-likeness (QED) is 0.323. The van der Waals surface area contributed by atoms with Gasteiger partial charge in [0.15, 0.2) is 0 Å². The van der Waals surface area contributed by atoms with Crippen molar-refractivity contribution in [1.82, 2.24) is 4.90 Å². The molecule has 2 aromatic rings. The number of unbranched alkanes of at least 4 members (excludes halogenated alkanes) is 3. The molecule has 0 aliphatic carbocycles. The van der Waals surface area contributed by atoms with E-state index in [2.05, 4.69) is 91.6 Å². The topological polar surface area (TPSA) is 23.5 Å². The molecule has 0 bridgehead atoms. The Balaban J connectivity index is 1.90. The number of aliphatic hydroxyl groups excluding tert-OH is 1. The monoisotopic (exact) mass is 379 g/mol. The lowest BCUT2D eigenvalue weighted by Crippen LogP contribution is -2.40. The zero-order valence-corrected chi connectivity index (χ0v) is 17.6. The van der Waals surface area contributed by atoms with E-state index in [-0.39, 0.29) is 12.1 Å². The molecule has 0 fully saturated rings. The number of aliphatic hydroxyl groups is 1. The molecule has 152 valence electrons. The summed E-state index contributed by atoms with van der Waals surface area (Å²) in [6.07, 6.45) is 10.9. The highest BCUT2D eigenvalue weighted by atomic mass is 16.3. The van der Waals surface area contributed by atoms with Gasteiger partial charge in [0.05, 0.1) is 6.10 Å². The van der Waals surface area contributed by atoms with Crippen LogP contribution in [-0.4, -0.2) is 22.2 Å². The van der Waals surface area contributed by atoms with Crippen LogP contribution in [0.3, 0.4) is 0 Å². The third-order valence-electron chi connectivity index (χ3n) is 5.33. The molecule has 2 nitrogen and oxygen atoms in total. The van der Waals surface area contributed by atoms with Crippen molar-refractivity contribution in [2.75, 3.05) is 0 Å². The molecule has 0 saturated heterocycles. The minimum Gasteiger partial charge on any atom is -0.392 e. The second kappa shape index (κ2) is 13.3. The maximum absolute atomic E-state index is 10.8. The average Bonchev–Trinajstić information content (AvgIpc) is 2.73. The number of nitrogens with zero attached hydrogens (tertiary/aromatic N) is 1. The first-order valence-corrected chi connectivity index (χ1v) is 10.9. The molecule has 2 aromatic carbocycles. The lowest BCUT2D eigenvalue weighted by atomic mass is 10.0. The van der Waals surface area contributed by atoms with Crippen molar-refractivity contribution in [2.24, 2.45) is 0 Å². The number of allylic oxidation sites excluding steroid dienone is 2. The van der Waals surface area contributed by atoms with Gasteiger partial charge in [0.1, 0.15) is 0 Å². The van der Waals surface area contributed by atoms with E-state index in [1.54, 1.807) is 0 Å². The predicted molar refractivity (Wildman–Crippen MR) is 120 cm³/mol. The summed E-state index contributed by atoms with van der Waals surface area (Å²) < 4.78 is 0. The molecular weight excluding hydrogens is 342 g/mol. The van der Waals surface area contributed by atoms with E-state index in [1.165, 1.54) is 24.0 Å². The highest BCUT2D eigenvalue weighted by Crippen LogP contribution is 2.18. The number of rotatable bonds is 13. The zero-order valence-electron chi connectivity index (χ0n) is 17.6. The summed E-state index contributed by atoms with van der Waals surface area (Å²) in [7, 11) is 0. The Morgan fingerprint density at radius 3 is 1.89 bits per heavy atom. The molecule has 0 amide bonds. The summed E-state index contributed by atoms with van der Waals surface area (Å²) in [6.45, 7) is 6.08. The van der Waals surface area contributed by atoms with Crippen molar-refractivity contribution in [3.05, 3.63) is 83.9 Å². The Labute approximate surface area is 171 Å². The molecular formula is C26H37NO. The Bertz CT molecular complexity index is 611. The Kier molecular flexibility index (Phi) is 10.6. The molecule has 0 unspecified atom stereocenters. The normalized spacial score (nSPS) is 13.9. The van der Waals surface area contributed by atoms with Crippen molar-refractivity contribution in [1.29, 1.82) is 0 Å². The molecule has 0 saturated carbocycles. The number of hydrogen-bond donors (Lipinski definition) is 1. The van der Waals surface area contributed by atoms with Gasteiger partial charge >= 0.3 is 0 Å². The largest absolute Gasteiger partial charge is 0.392 e. The molecule has 2 rings (SSSR count). The Morgan fingerprint density at radius 2 is 1.36 bits per heavy atom. The van der Waals surface area contributed by atoms with Gasteiger partial charge in [-0.3, -0.25) is 4.90 Å².